The van der Waals surface area contributed by atoms with Crippen LogP contribution in [0.15, 0.2) is 24.3 Å². The van der Waals surface area contributed by atoms with Gasteiger partial charge in [0.1, 0.15) is 6.04 Å². The molecule has 4 heteroatoms. The highest BCUT2D eigenvalue weighted by Gasteiger charge is 2.16. The lowest BCUT2D eigenvalue weighted by Crippen LogP contribution is -2.36. The van der Waals surface area contributed by atoms with Crippen molar-refractivity contribution in [1.29, 1.82) is 0 Å². The summed E-state index contributed by atoms with van der Waals surface area (Å²) in [5.74, 6) is 0.0842. The Kier molecular flexibility index (Phi) is 4.62. The lowest BCUT2D eigenvalue weighted by Gasteiger charge is -2.18. The molecule has 0 aromatic heterocycles. The summed E-state index contributed by atoms with van der Waals surface area (Å²) >= 11 is 5.78. The van der Waals surface area contributed by atoms with Gasteiger partial charge in [-0.05, 0) is 36.6 Å². The average Bonchev–Trinajstić information content (AvgIpc) is 2.19. The van der Waals surface area contributed by atoms with Crippen molar-refractivity contribution in [2.24, 2.45) is 11.7 Å². The van der Waals surface area contributed by atoms with E-state index >= 15 is 0 Å². The molecule has 1 amide bonds. The molecule has 0 saturated carbocycles. The van der Waals surface area contributed by atoms with Gasteiger partial charge >= 0.3 is 0 Å². The molecule has 1 unspecified atom stereocenters. The smallest absolute Gasteiger partial charge is 0.239 e. The second-order valence-electron chi connectivity index (χ2n) is 4.24. The molecule has 3 N–H and O–H groups in total. The zero-order valence-corrected chi connectivity index (χ0v) is 10.3. The van der Waals surface area contributed by atoms with Crippen molar-refractivity contribution < 1.29 is 4.79 Å². The van der Waals surface area contributed by atoms with Gasteiger partial charge in [-0.25, -0.2) is 0 Å². The molecule has 0 aliphatic carbocycles. The molecular weight excluding hydrogens is 224 g/mol. The van der Waals surface area contributed by atoms with Crippen molar-refractivity contribution in [1.82, 2.24) is 0 Å². The summed E-state index contributed by atoms with van der Waals surface area (Å²) in [4.78, 5) is 11.2. The molecular formula is C12H17ClN2O. The summed E-state index contributed by atoms with van der Waals surface area (Å²) in [6.07, 6.45) is 0.720. The Morgan fingerprint density at radius 1 is 1.38 bits per heavy atom. The topological polar surface area (TPSA) is 55.1 Å². The molecule has 0 heterocycles. The maximum absolute atomic E-state index is 11.2. The molecule has 16 heavy (non-hydrogen) atoms. The van der Waals surface area contributed by atoms with E-state index in [-0.39, 0.29) is 11.9 Å². The fraction of sp³-hybridized carbons (Fsp3) is 0.417. The van der Waals surface area contributed by atoms with Crippen LogP contribution in [0.5, 0.6) is 0 Å². The number of hydrogen-bond acceptors (Lipinski definition) is 2. The third kappa shape index (κ3) is 4.11. The standard InChI is InChI=1S/C12H17ClN2O/c1-8(2)7-11(12(14)16)15-10-5-3-9(13)4-6-10/h3-6,8,11,15H,7H2,1-2H3,(H2,14,16). The Balaban J connectivity index is 2.68. The third-order valence-corrected chi connectivity index (χ3v) is 2.49. The summed E-state index contributed by atoms with van der Waals surface area (Å²) in [7, 11) is 0. The minimum atomic E-state index is -0.332. The van der Waals surface area contributed by atoms with Gasteiger partial charge in [-0.1, -0.05) is 25.4 Å². The highest BCUT2D eigenvalue weighted by Crippen LogP contribution is 2.16. The van der Waals surface area contributed by atoms with Crippen molar-refractivity contribution in [3.63, 3.8) is 0 Å². The van der Waals surface area contributed by atoms with E-state index in [9.17, 15) is 4.79 Å². The highest BCUT2D eigenvalue weighted by molar-refractivity contribution is 6.30. The van der Waals surface area contributed by atoms with E-state index in [2.05, 4.69) is 19.2 Å². The number of amides is 1. The van der Waals surface area contributed by atoms with Crippen molar-refractivity contribution >= 4 is 23.2 Å². The normalized spacial score (nSPS) is 12.5. The van der Waals surface area contributed by atoms with Crippen LogP contribution >= 0.6 is 11.6 Å². The summed E-state index contributed by atoms with van der Waals surface area (Å²) in [5, 5.41) is 3.78. The third-order valence-electron chi connectivity index (χ3n) is 2.24. The molecule has 3 nitrogen and oxygen atoms in total. The van der Waals surface area contributed by atoms with Crippen LogP contribution < -0.4 is 11.1 Å². The Morgan fingerprint density at radius 2 is 1.94 bits per heavy atom. The predicted octanol–water partition coefficient (Wildman–Crippen LogP) is 2.65. The van der Waals surface area contributed by atoms with Crippen LogP contribution in [0.4, 0.5) is 5.69 Å². The summed E-state index contributed by atoms with van der Waals surface area (Å²) < 4.78 is 0. The maximum Gasteiger partial charge on any atom is 0.239 e. The summed E-state index contributed by atoms with van der Waals surface area (Å²) in [5.41, 5.74) is 6.19. The average molecular weight is 241 g/mol. The molecule has 0 spiro atoms. The highest BCUT2D eigenvalue weighted by atomic mass is 35.5. The molecule has 0 radical (unpaired) electrons. The van der Waals surface area contributed by atoms with Gasteiger partial charge in [0.2, 0.25) is 5.91 Å². The zero-order chi connectivity index (χ0) is 12.1. The molecule has 1 atom stereocenters. The van der Waals surface area contributed by atoms with Gasteiger partial charge in [0.05, 0.1) is 0 Å². The van der Waals surface area contributed by atoms with E-state index in [0.717, 1.165) is 12.1 Å². The number of benzene rings is 1. The number of halogens is 1. The number of anilines is 1. The van der Waals surface area contributed by atoms with Crippen LogP contribution in [0.25, 0.3) is 0 Å². The van der Waals surface area contributed by atoms with E-state index in [1.807, 2.05) is 12.1 Å². The van der Waals surface area contributed by atoms with Crippen LogP contribution in [0.3, 0.4) is 0 Å². The van der Waals surface area contributed by atoms with Gasteiger partial charge in [-0.3, -0.25) is 4.79 Å². The monoisotopic (exact) mass is 240 g/mol. The summed E-state index contributed by atoms with van der Waals surface area (Å²) in [6.45, 7) is 4.11. The second kappa shape index (κ2) is 5.75. The molecule has 88 valence electrons. The van der Waals surface area contributed by atoms with Gasteiger partial charge < -0.3 is 11.1 Å². The van der Waals surface area contributed by atoms with E-state index in [4.69, 9.17) is 17.3 Å². The van der Waals surface area contributed by atoms with Crippen LogP contribution in [-0.2, 0) is 4.79 Å². The number of primary amides is 1. The SMILES string of the molecule is CC(C)CC(Nc1ccc(Cl)cc1)C(N)=O. The van der Waals surface area contributed by atoms with Crippen LogP contribution in [-0.4, -0.2) is 11.9 Å². The number of nitrogens with two attached hydrogens (primary N) is 1. The first-order valence-corrected chi connectivity index (χ1v) is 5.68. The Morgan fingerprint density at radius 3 is 2.38 bits per heavy atom. The van der Waals surface area contributed by atoms with Gasteiger partial charge in [-0.15, -0.1) is 0 Å². The van der Waals surface area contributed by atoms with Crippen molar-refractivity contribution in [2.75, 3.05) is 5.32 Å². The molecule has 0 saturated heterocycles. The largest absolute Gasteiger partial charge is 0.374 e. The first-order valence-electron chi connectivity index (χ1n) is 5.30. The summed E-state index contributed by atoms with van der Waals surface area (Å²) in [6, 6.07) is 6.88. The Bertz CT molecular complexity index is 349. The maximum atomic E-state index is 11.2. The molecule has 0 aliphatic heterocycles. The van der Waals surface area contributed by atoms with Gasteiger partial charge in [0, 0.05) is 10.7 Å². The Labute approximate surface area is 101 Å². The molecule has 0 aliphatic rings. The number of rotatable bonds is 5. The fourth-order valence-corrected chi connectivity index (χ4v) is 1.59. The molecule has 1 aromatic rings. The predicted molar refractivity (Wildman–Crippen MR) is 67.5 cm³/mol. The van der Waals surface area contributed by atoms with Gasteiger partial charge in [0.15, 0.2) is 0 Å². The van der Waals surface area contributed by atoms with Crippen molar-refractivity contribution in [3.05, 3.63) is 29.3 Å². The van der Waals surface area contributed by atoms with E-state index in [1.54, 1.807) is 12.1 Å². The van der Waals surface area contributed by atoms with E-state index < -0.39 is 0 Å². The number of carbonyl (C=O) groups excluding carboxylic acids is 1. The Hall–Kier alpha value is -1.22. The van der Waals surface area contributed by atoms with Gasteiger partial charge in [-0.2, -0.15) is 0 Å². The lowest BCUT2D eigenvalue weighted by molar-refractivity contribution is -0.119. The number of nitrogens with one attached hydrogen (secondary N) is 1. The molecule has 1 rings (SSSR count). The van der Waals surface area contributed by atoms with Gasteiger partial charge in [0.25, 0.3) is 0 Å². The number of hydrogen-bond donors (Lipinski definition) is 2. The second-order valence-corrected chi connectivity index (χ2v) is 4.67. The molecule has 1 aromatic carbocycles. The lowest BCUT2D eigenvalue weighted by atomic mass is 10.0. The minimum Gasteiger partial charge on any atom is -0.374 e. The quantitative estimate of drug-likeness (QED) is 0.832. The first-order chi connectivity index (χ1) is 7.49. The van der Waals surface area contributed by atoms with Crippen molar-refractivity contribution in [3.8, 4) is 0 Å². The van der Waals surface area contributed by atoms with Crippen LogP contribution in [0, 0.1) is 5.92 Å². The van der Waals surface area contributed by atoms with Crippen molar-refractivity contribution in [2.45, 2.75) is 26.3 Å². The van der Waals surface area contributed by atoms with Crippen LogP contribution in [0.2, 0.25) is 5.02 Å². The molecule has 0 fully saturated rings. The molecule has 0 bridgehead atoms. The fourth-order valence-electron chi connectivity index (χ4n) is 1.46. The van der Waals surface area contributed by atoms with E-state index in [0.29, 0.717) is 10.9 Å². The minimum absolute atomic E-state index is 0.330. The first kappa shape index (κ1) is 12.8. The zero-order valence-electron chi connectivity index (χ0n) is 9.53. The van der Waals surface area contributed by atoms with E-state index in [1.165, 1.54) is 0 Å². The van der Waals surface area contributed by atoms with Crippen LogP contribution in [0.1, 0.15) is 20.3 Å². The number of carbonyl (C=O) groups is 1.